The van der Waals surface area contributed by atoms with E-state index in [1.165, 1.54) is 0 Å². The van der Waals surface area contributed by atoms with E-state index in [0.29, 0.717) is 12.0 Å². The first kappa shape index (κ1) is 15.9. The van der Waals surface area contributed by atoms with E-state index in [1.54, 1.807) is 6.92 Å². The molecule has 0 aromatic heterocycles. The number of benzene rings is 2. The number of hydrogen-bond donors (Lipinski definition) is 0. The number of hydrogen-bond acceptors (Lipinski definition) is 2. The van der Waals surface area contributed by atoms with Crippen molar-refractivity contribution < 1.29 is 9.53 Å². The Hall–Kier alpha value is -2.53. The summed E-state index contributed by atoms with van der Waals surface area (Å²) in [6, 6.07) is 14.1. The van der Waals surface area contributed by atoms with Gasteiger partial charge in [-0.1, -0.05) is 61.7 Å². The zero-order valence-electron chi connectivity index (χ0n) is 13.3. The van der Waals surface area contributed by atoms with E-state index in [2.05, 4.69) is 30.6 Å². The van der Waals surface area contributed by atoms with Crippen molar-refractivity contribution in [1.29, 1.82) is 0 Å². The van der Waals surface area contributed by atoms with Crippen molar-refractivity contribution in [2.24, 2.45) is 0 Å². The van der Waals surface area contributed by atoms with Crippen LogP contribution in [0, 0.1) is 11.8 Å². The fourth-order valence-corrected chi connectivity index (χ4v) is 2.01. The molecule has 2 rings (SSSR count). The summed E-state index contributed by atoms with van der Waals surface area (Å²) < 4.78 is 5.47. The average Bonchev–Trinajstić information content (AvgIpc) is 2.52. The predicted molar refractivity (Wildman–Crippen MR) is 90.4 cm³/mol. The minimum absolute atomic E-state index is 0.381. The third-order valence-corrected chi connectivity index (χ3v) is 3.59. The zero-order valence-corrected chi connectivity index (χ0v) is 13.3. The van der Waals surface area contributed by atoms with Gasteiger partial charge >= 0.3 is 5.97 Å². The fraction of sp³-hybridized carbons (Fsp3) is 0.250. The minimum Gasteiger partial charge on any atom is -0.443 e. The minimum atomic E-state index is -0.813. The van der Waals surface area contributed by atoms with Crippen molar-refractivity contribution in [2.75, 3.05) is 0 Å². The van der Waals surface area contributed by atoms with Crippen molar-refractivity contribution in [3.63, 3.8) is 0 Å². The lowest BCUT2D eigenvalue weighted by Gasteiger charge is -2.22. The van der Waals surface area contributed by atoms with Crippen molar-refractivity contribution in [1.82, 2.24) is 0 Å². The Kier molecular flexibility index (Phi) is 4.68. The van der Waals surface area contributed by atoms with Crippen LogP contribution in [0.25, 0.3) is 10.8 Å². The molecule has 0 N–H and O–H groups in total. The Morgan fingerprint density at radius 2 is 1.91 bits per heavy atom. The van der Waals surface area contributed by atoms with Crippen LogP contribution in [0.3, 0.4) is 0 Å². The summed E-state index contributed by atoms with van der Waals surface area (Å²) in [6.45, 7) is 9.02. The first-order valence-electron chi connectivity index (χ1n) is 7.35. The van der Waals surface area contributed by atoms with Gasteiger partial charge in [-0.25, -0.2) is 4.79 Å². The van der Waals surface area contributed by atoms with Crippen LogP contribution in [-0.4, -0.2) is 11.6 Å². The molecule has 0 amide bonds. The van der Waals surface area contributed by atoms with Crippen molar-refractivity contribution >= 4 is 16.7 Å². The van der Waals surface area contributed by atoms with Gasteiger partial charge < -0.3 is 4.74 Å². The Bertz CT molecular complexity index is 772. The summed E-state index contributed by atoms with van der Waals surface area (Å²) in [6.07, 6.45) is 0.615. The summed E-state index contributed by atoms with van der Waals surface area (Å²) in [5.74, 6) is 5.87. The quantitative estimate of drug-likeness (QED) is 0.473. The first-order chi connectivity index (χ1) is 10.4. The average molecular weight is 292 g/mol. The lowest BCUT2D eigenvalue weighted by Crippen LogP contribution is -2.29. The molecule has 0 aliphatic heterocycles. The molecule has 2 nitrogen and oxygen atoms in total. The van der Waals surface area contributed by atoms with Crippen LogP contribution in [0.15, 0.2) is 54.6 Å². The van der Waals surface area contributed by atoms with Crippen LogP contribution in [0.2, 0.25) is 0 Å². The van der Waals surface area contributed by atoms with E-state index in [1.807, 2.05) is 44.2 Å². The van der Waals surface area contributed by atoms with Crippen molar-refractivity contribution in [3.05, 3.63) is 60.2 Å². The summed E-state index contributed by atoms with van der Waals surface area (Å²) in [7, 11) is 0. The Labute approximate surface area is 131 Å². The van der Waals surface area contributed by atoms with E-state index >= 15 is 0 Å². The highest BCUT2D eigenvalue weighted by molar-refractivity contribution is 5.88. The maximum absolute atomic E-state index is 11.8. The third kappa shape index (κ3) is 3.56. The topological polar surface area (TPSA) is 26.3 Å². The molecule has 112 valence electrons. The molecule has 2 heteroatoms. The highest BCUT2D eigenvalue weighted by Gasteiger charge is 2.24. The number of carbonyl (C=O) groups excluding carboxylic acids is 1. The van der Waals surface area contributed by atoms with Gasteiger partial charge in [0.05, 0.1) is 0 Å². The highest BCUT2D eigenvalue weighted by Crippen LogP contribution is 2.20. The van der Waals surface area contributed by atoms with Gasteiger partial charge in [0, 0.05) is 11.1 Å². The molecule has 0 aliphatic rings. The number of carbonyl (C=O) groups is 1. The van der Waals surface area contributed by atoms with E-state index in [-0.39, 0.29) is 0 Å². The van der Waals surface area contributed by atoms with Crippen molar-refractivity contribution in [2.45, 2.75) is 32.8 Å². The van der Waals surface area contributed by atoms with Gasteiger partial charge in [0.25, 0.3) is 0 Å². The van der Waals surface area contributed by atoms with E-state index in [4.69, 9.17) is 4.74 Å². The summed E-state index contributed by atoms with van der Waals surface area (Å²) in [5, 5.41) is 2.24. The molecule has 0 saturated heterocycles. The van der Waals surface area contributed by atoms with E-state index < -0.39 is 11.6 Å². The smallest absolute Gasteiger partial charge is 0.334 e. The monoisotopic (exact) mass is 292 g/mol. The molecule has 0 fully saturated rings. The largest absolute Gasteiger partial charge is 0.443 e. The maximum atomic E-state index is 11.8. The van der Waals surface area contributed by atoms with Crippen LogP contribution in [0.4, 0.5) is 0 Å². The second kappa shape index (κ2) is 6.49. The molecule has 0 heterocycles. The fourth-order valence-electron chi connectivity index (χ4n) is 2.01. The lowest BCUT2D eigenvalue weighted by molar-refractivity contribution is -0.148. The Morgan fingerprint density at radius 3 is 2.59 bits per heavy atom. The number of rotatable bonds is 3. The van der Waals surface area contributed by atoms with Gasteiger partial charge in [-0.05, 0) is 37.1 Å². The van der Waals surface area contributed by atoms with Gasteiger partial charge in [0.15, 0.2) is 5.60 Å². The normalized spacial score (nSPS) is 12.9. The van der Waals surface area contributed by atoms with Gasteiger partial charge in [0.2, 0.25) is 0 Å². The van der Waals surface area contributed by atoms with Gasteiger partial charge in [-0.15, -0.1) is 0 Å². The first-order valence-corrected chi connectivity index (χ1v) is 7.35. The maximum Gasteiger partial charge on any atom is 0.334 e. The third-order valence-electron chi connectivity index (χ3n) is 3.59. The van der Waals surface area contributed by atoms with Crippen LogP contribution < -0.4 is 0 Å². The van der Waals surface area contributed by atoms with Crippen molar-refractivity contribution in [3.8, 4) is 11.8 Å². The predicted octanol–water partition coefficient (Wildman–Crippen LogP) is 4.48. The molecule has 22 heavy (non-hydrogen) atoms. The van der Waals surface area contributed by atoms with Crippen LogP contribution >= 0.6 is 0 Å². The standard InChI is InChI=1S/C20H20O2/c1-5-20(4,22-19(21)15(2)3)14-13-17-11-8-10-16-9-6-7-12-18(16)17/h6-12H,2,5H2,1,3-4H3. The molecule has 0 spiro atoms. The van der Waals surface area contributed by atoms with Gasteiger partial charge in [-0.2, -0.15) is 0 Å². The number of ether oxygens (including phenoxy) is 1. The highest BCUT2D eigenvalue weighted by atomic mass is 16.6. The van der Waals surface area contributed by atoms with E-state index in [0.717, 1.165) is 16.3 Å². The lowest BCUT2D eigenvalue weighted by atomic mass is 10.0. The van der Waals surface area contributed by atoms with Crippen LogP contribution in [-0.2, 0) is 9.53 Å². The molecule has 1 atom stereocenters. The SMILES string of the molecule is C=C(C)C(=O)OC(C)(C#Cc1cccc2ccccc12)CC. The Morgan fingerprint density at radius 1 is 1.23 bits per heavy atom. The molecule has 0 aliphatic carbocycles. The second-order valence-electron chi connectivity index (χ2n) is 5.53. The number of fused-ring (bicyclic) bond motifs is 1. The number of esters is 1. The molecular weight excluding hydrogens is 272 g/mol. The molecule has 2 aromatic carbocycles. The van der Waals surface area contributed by atoms with Crippen LogP contribution in [0.1, 0.15) is 32.8 Å². The molecule has 0 saturated carbocycles. The summed E-state index contributed by atoms with van der Waals surface area (Å²) >= 11 is 0. The second-order valence-corrected chi connectivity index (χ2v) is 5.53. The summed E-state index contributed by atoms with van der Waals surface area (Å²) in [4.78, 5) is 11.8. The molecule has 1 unspecified atom stereocenters. The zero-order chi connectivity index (χ0) is 16.2. The summed E-state index contributed by atoms with van der Waals surface area (Å²) in [5.41, 5.74) is 0.503. The molecule has 0 radical (unpaired) electrons. The molecular formula is C20H20O2. The van der Waals surface area contributed by atoms with Gasteiger partial charge in [-0.3, -0.25) is 0 Å². The van der Waals surface area contributed by atoms with Gasteiger partial charge in [0.1, 0.15) is 0 Å². The molecule has 0 bridgehead atoms. The Balaban J connectivity index is 2.37. The van der Waals surface area contributed by atoms with E-state index in [9.17, 15) is 4.79 Å². The molecule has 2 aromatic rings. The van der Waals surface area contributed by atoms with Crippen LogP contribution in [0.5, 0.6) is 0 Å².